The van der Waals surface area contributed by atoms with Crippen molar-refractivity contribution in [3.05, 3.63) is 29.1 Å². The van der Waals surface area contributed by atoms with E-state index in [1.807, 2.05) is 42.6 Å². The number of hydrogen-bond donors (Lipinski definition) is 0. The molecule has 6 nitrogen and oxygen atoms in total. The van der Waals surface area contributed by atoms with Gasteiger partial charge in [-0.2, -0.15) is 0 Å². The molecule has 1 aromatic carbocycles. The van der Waals surface area contributed by atoms with Gasteiger partial charge in [0, 0.05) is 25.0 Å². The fourth-order valence-corrected chi connectivity index (χ4v) is 3.13. The summed E-state index contributed by atoms with van der Waals surface area (Å²) in [5, 5.41) is 2.51. The number of esters is 1. The Balaban J connectivity index is 2.55. The summed E-state index contributed by atoms with van der Waals surface area (Å²) >= 11 is 1.39. The predicted octanol–water partition coefficient (Wildman–Crippen LogP) is 3.83. The lowest BCUT2D eigenvalue weighted by Gasteiger charge is -2.10. The van der Waals surface area contributed by atoms with E-state index >= 15 is 0 Å². The van der Waals surface area contributed by atoms with E-state index in [1.54, 1.807) is 27.5 Å². The van der Waals surface area contributed by atoms with E-state index in [0.717, 1.165) is 11.1 Å². The Kier molecular flexibility index (Phi) is 6.41. The van der Waals surface area contributed by atoms with Crippen molar-refractivity contribution in [1.29, 1.82) is 0 Å². The molecule has 2 rings (SSSR count). The molecule has 0 aliphatic heterocycles. The Hall–Kier alpha value is -2.54. The highest BCUT2D eigenvalue weighted by molar-refractivity contribution is 7.14. The predicted molar refractivity (Wildman–Crippen MR) is 101 cm³/mol. The molecule has 0 aliphatic rings. The molecule has 0 saturated carbocycles. The van der Waals surface area contributed by atoms with Gasteiger partial charge in [0.05, 0.1) is 27.2 Å². The van der Waals surface area contributed by atoms with E-state index in [2.05, 4.69) is 4.99 Å². The molecule has 0 unspecified atom stereocenters. The third-order valence-electron chi connectivity index (χ3n) is 3.35. The second-order valence-corrected chi connectivity index (χ2v) is 6.19. The van der Waals surface area contributed by atoms with E-state index in [-0.39, 0.29) is 5.97 Å². The smallest absolute Gasteiger partial charge is 0.341 e. The highest BCUT2D eigenvalue weighted by Crippen LogP contribution is 2.40. The zero-order valence-electron chi connectivity index (χ0n) is 15.0. The van der Waals surface area contributed by atoms with E-state index in [0.29, 0.717) is 28.7 Å². The molecular weight excluding hydrogens is 340 g/mol. The van der Waals surface area contributed by atoms with Crippen molar-refractivity contribution < 1.29 is 19.0 Å². The standard InChI is InChI=1S/C18H22N2O4S/c1-6-24-18(21)16-13(10-25-17(16)19-11-20(2)3)12-7-8-14(22-4)15(9-12)23-5/h7-11H,6H2,1-5H3. The van der Waals surface area contributed by atoms with Crippen LogP contribution < -0.4 is 9.47 Å². The highest BCUT2D eigenvalue weighted by atomic mass is 32.1. The van der Waals surface area contributed by atoms with Gasteiger partial charge in [-0.05, 0) is 24.6 Å². The monoisotopic (exact) mass is 362 g/mol. The topological polar surface area (TPSA) is 60.4 Å². The molecule has 0 bridgehead atoms. The molecule has 2 aromatic rings. The Morgan fingerprint density at radius 2 is 1.96 bits per heavy atom. The molecule has 1 heterocycles. The van der Waals surface area contributed by atoms with Crippen LogP contribution in [0.1, 0.15) is 17.3 Å². The number of thiophene rings is 1. The fourth-order valence-electron chi connectivity index (χ4n) is 2.23. The van der Waals surface area contributed by atoms with E-state index < -0.39 is 0 Å². The Labute approximate surface area is 151 Å². The molecular formula is C18H22N2O4S. The number of carbonyl (C=O) groups is 1. The molecule has 25 heavy (non-hydrogen) atoms. The average molecular weight is 362 g/mol. The number of hydrogen-bond acceptors (Lipinski definition) is 6. The molecule has 0 aliphatic carbocycles. The lowest BCUT2D eigenvalue weighted by atomic mass is 10.0. The van der Waals surface area contributed by atoms with Crippen LogP contribution in [0.4, 0.5) is 5.00 Å². The second kappa shape index (κ2) is 8.53. The van der Waals surface area contributed by atoms with Crippen molar-refractivity contribution in [1.82, 2.24) is 4.90 Å². The van der Waals surface area contributed by atoms with Crippen LogP contribution >= 0.6 is 11.3 Å². The SMILES string of the molecule is CCOC(=O)c1c(-c2ccc(OC)c(OC)c2)csc1N=CN(C)C. The number of ether oxygens (including phenoxy) is 3. The molecule has 0 N–H and O–H groups in total. The molecule has 134 valence electrons. The minimum atomic E-state index is -0.389. The second-order valence-electron chi connectivity index (χ2n) is 5.33. The van der Waals surface area contributed by atoms with Gasteiger partial charge in [0.2, 0.25) is 0 Å². The summed E-state index contributed by atoms with van der Waals surface area (Å²) < 4.78 is 15.9. The van der Waals surface area contributed by atoms with Gasteiger partial charge >= 0.3 is 5.97 Å². The minimum absolute atomic E-state index is 0.302. The summed E-state index contributed by atoms with van der Waals surface area (Å²) in [4.78, 5) is 18.7. The van der Waals surface area contributed by atoms with Gasteiger partial charge in [0.15, 0.2) is 11.5 Å². The largest absolute Gasteiger partial charge is 0.493 e. The van der Waals surface area contributed by atoms with Gasteiger partial charge in [-0.1, -0.05) is 6.07 Å². The summed E-state index contributed by atoms with van der Waals surface area (Å²) in [7, 11) is 6.90. The van der Waals surface area contributed by atoms with Crippen LogP contribution in [0.15, 0.2) is 28.6 Å². The normalized spacial score (nSPS) is 10.8. The summed E-state index contributed by atoms with van der Waals surface area (Å²) in [5.41, 5.74) is 2.05. The number of aliphatic imine (C=N–C) groups is 1. The van der Waals surface area contributed by atoms with Crippen LogP contribution in [-0.2, 0) is 4.74 Å². The average Bonchev–Trinajstić information content (AvgIpc) is 3.03. The van der Waals surface area contributed by atoms with Gasteiger partial charge in [-0.3, -0.25) is 0 Å². The summed E-state index contributed by atoms with van der Waals surface area (Å²) in [5.74, 6) is 0.837. The van der Waals surface area contributed by atoms with Gasteiger partial charge in [0.1, 0.15) is 10.6 Å². The molecule has 0 fully saturated rings. The van der Waals surface area contributed by atoms with Crippen LogP contribution in [-0.4, -0.2) is 52.1 Å². The fraction of sp³-hybridized carbons (Fsp3) is 0.333. The van der Waals surface area contributed by atoms with Gasteiger partial charge < -0.3 is 19.1 Å². The molecule has 0 amide bonds. The van der Waals surface area contributed by atoms with Gasteiger partial charge in [-0.15, -0.1) is 11.3 Å². The van der Waals surface area contributed by atoms with Crippen LogP contribution in [0.2, 0.25) is 0 Å². The van der Waals surface area contributed by atoms with Crippen molar-refractivity contribution in [3.8, 4) is 22.6 Å². The van der Waals surface area contributed by atoms with E-state index in [4.69, 9.17) is 14.2 Å². The summed E-state index contributed by atoms with van der Waals surface area (Å²) in [6, 6.07) is 5.53. The molecule has 1 aromatic heterocycles. The zero-order valence-corrected chi connectivity index (χ0v) is 15.8. The summed E-state index contributed by atoms with van der Waals surface area (Å²) in [6.07, 6.45) is 1.66. The van der Waals surface area contributed by atoms with Crippen molar-refractivity contribution in [3.63, 3.8) is 0 Å². The van der Waals surface area contributed by atoms with Gasteiger partial charge in [-0.25, -0.2) is 9.79 Å². The van der Waals surface area contributed by atoms with Crippen molar-refractivity contribution >= 4 is 28.6 Å². The number of benzene rings is 1. The van der Waals surface area contributed by atoms with Crippen LogP contribution in [0.3, 0.4) is 0 Å². The first kappa shape index (κ1) is 18.8. The molecule has 0 atom stereocenters. The first-order valence-corrected chi connectivity index (χ1v) is 8.61. The molecule has 7 heteroatoms. The molecule has 0 spiro atoms. The third-order valence-corrected chi connectivity index (χ3v) is 4.24. The summed E-state index contributed by atoms with van der Waals surface area (Å²) in [6.45, 7) is 2.08. The van der Waals surface area contributed by atoms with Crippen molar-refractivity contribution in [2.75, 3.05) is 34.9 Å². The lowest BCUT2D eigenvalue weighted by Crippen LogP contribution is -2.08. The van der Waals surface area contributed by atoms with E-state index in [1.165, 1.54) is 11.3 Å². The molecule has 0 radical (unpaired) electrons. The third kappa shape index (κ3) is 4.30. The maximum atomic E-state index is 12.5. The van der Waals surface area contributed by atoms with Crippen LogP contribution in [0, 0.1) is 0 Å². The number of nitrogens with zero attached hydrogens (tertiary/aromatic N) is 2. The van der Waals surface area contributed by atoms with Crippen LogP contribution in [0.25, 0.3) is 11.1 Å². The Morgan fingerprint density at radius 3 is 2.56 bits per heavy atom. The first-order valence-electron chi connectivity index (χ1n) is 7.73. The van der Waals surface area contributed by atoms with Crippen molar-refractivity contribution in [2.45, 2.75) is 6.92 Å². The number of carbonyl (C=O) groups excluding carboxylic acids is 1. The highest BCUT2D eigenvalue weighted by Gasteiger charge is 2.22. The lowest BCUT2D eigenvalue weighted by molar-refractivity contribution is 0.0529. The van der Waals surface area contributed by atoms with Crippen molar-refractivity contribution in [2.24, 2.45) is 4.99 Å². The Morgan fingerprint density at radius 1 is 1.24 bits per heavy atom. The van der Waals surface area contributed by atoms with E-state index in [9.17, 15) is 4.79 Å². The maximum Gasteiger partial charge on any atom is 0.341 e. The maximum absolute atomic E-state index is 12.5. The van der Waals surface area contributed by atoms with Crippen LogP contribution in [0.5, 0.6) is 11.5 Å². The number of methoxy groups -OCH3 is 2. The van der Waals surface area contributed by atoms with Gasteiger partial charge in [0.25, 0.3) is 0 Å². The first-order chi connectivity index (χ1) is 12.0. The zero-order chi connectivity index (χ0) is 18.4. The number of rotatable bonds is 7. The minimum Gasteiger partial charge on any atom is -0.493 e. The molecule has 0 saturated heterocycles. The Bertz CT molecular complexity index is 768. The quantitative estimate of drug-likeness (QED) is 0.426.